The molecule has 3 aromatic rings. The molecule has 3 nitrogen and oxygen atoms in total. The second-order valence-corrected chi connectivity index (χ2v) is 4.89. The molecule has 0 aliphatic carbocycles. The summed E-state index contributed by atoms with van der Waals surface area (Å²) in [5.74, 6) is 0. The van der Waals surface area contributed by atoms with E-state index in [1.54, 1.807) is 6.20 Å². The maximum Gasteiger partial charge on any atom is 0.159 e. The standard InChI is InChI=1S/C14H11N2OP/c17-18-12-6-3-10(4-7-12)13-8-5-11-2-1-9-15-14(11)16-13/h1-9H,18H2. The van der Waals surface area contributed by atoms with Crippen LogP contribution in [0.4, 0.5) is 0 Å². The van der Waals surface area contributed by atoms with Gasteiger partial charge in [-0.1, -0.05) is 24.3 Å². The summed E-state index contributed by atoms with van der Waals surface area (Å²) in [7, 11) is -0.868. The van der Waals surface area contributed by atoms with E-state index in [4.69, 9.17) is 0 Å². The Kier molecular flexibility index (Phi) is 2.91. The van der Waals surface area contributed by atoms with Crippen LogP contribution in [0.15, 0.2) is 54.7 Å². The Morgan fingerprint density at radius 2 is 1.78 bits per heavy atom. The maximum atomic E-state index is 10.8. The van der Waals surface area contributed by atoms with E-state index >= 15 is 0 Å². The molecule has 0 bridgehead atoms. The average molecular weight is 254 g/mol. The fraction of sp³-hybridized carbons (Fsp3) is 0. The van der Waals surface area contributed by atoms with Crippen LogP contribution >= 0.6 is 8.46 Å². The molecule has 0 saturated heterocycles. The number of nitrogens with zero attached hydrogens (tertiary/aromatic N) is 2. The van der Waals surface area contributed by atoms with Crippen LogP contribution in [0, 0.1) is 0 Å². The first-order valence-electron chi connectivity index (χ1n) is 5.64. The van der Waals surface area contributed by atoms with Crippen molar-refractivity contribution in [3.05, 3.63) is 54.7 Å². The third-order valence-corrected chi connectivity index (χ3v) is 3.46. The summed E-state index contributed by atoms with van der Waals surface area (Å²) in [4.78, 5) is 8.76. The van der Waals surface area contributed by atoms with Crippen molar-refractivity contribution in [3.63, 3.8) is 0 Å². The lowest BCUT2D eigenvalue weighted by atomic mass is 10.1. The lowest BCUT2D eigenvalue weighted by molar-refractivity contribution is 0.603. The van der Waals surface area contributed by atoms with E-state index in [0.29, 0.717) is 0 Å². The van der Waals surface area contributed by atoms with Crippen molar-refractivity contribution in [2.75, 3.05) is 0 Å². The van der Waals surface area contributed by atoms with E-state index in [1.165, 1.54) is 0 Å². The minimum atomic E-state index is -0.868. The van der Waals surface area contributed by atoms with Crippen molar-refractivity contribution >= 4 is 24.8 Å². The van der Waals surface area contributed by atoms with Crippen LogP contribution in [-0.2, 0) is 4.57 Å². The molecule has 3 rings (SSSR count). The zero-order valence-corrected chi connectivity index (χ0v) is 10.7. The van der Waals surface area contributed by atoms with Gasteiger partial charge in [-0.15, -0.1) is 0 Å². The number of hydrogen-bond acceptors (Lipinski definition) is 3. The molecule has 0 radical (unpaired) electrons. The molecule has 0 fully saturated rings. The van der Waals surface area contributed by atoms with E-state index in [0.717, 1.165) is 27.6 Å². The molecule has 18 heavy (non-hydrogen) atoms. The molecular formula is C14H11N2OP. The van der Waals surface area contributed by atoms with Crippen molar-refractivity contribution in [1.29, 1.82) is 0 Å². The predicted octanol–water partition coefficient (Wildman–Crippen LogP) is 2.68. The third-order valence-electron chi connectivity index (χ3n) is 2.81. The van der Waals surface area contributed by atoms with Gasteiger partial charge in [0.2, 0.25) is 0 Å². The fourth-order valence-corrected chi connectivity index (χ4v) is 2.20. The zero-order chi connectivity index (χ0) is 12.4. The normalized spacial score (nSPS) is 11.3. The first-order valence-corrected chi connectivity index (χ1v) is 6.69. The predicted molar refractivity (Wildman–Crippen MR) is 75.0 cm³/mol. The molecule has 2 aromatic heterocycles. The minimum absolute atomic E-state index is 0.744. The summed E-state index contributed by atoms with van der Waals surface area (Å²) in [6.45, 7) is 0. The Morgan fingerprint density at radius 3 is 2.56 bits per heavy atom. The van der Waals surface area contributed by atoms with Gasteiger partial charge in [-0.3, -0.25) is 0 Å². The second-order valence-electron chi connectivity index (χ2n) is 3.99. The van der Waals surface area contributed by atoms with E-state index in [9.17, 15) is 4.57 Å². The Balaban J connectivity index is 2.10. The van der Waals surface area contributed by atoms with Crippen molar-refractivity contribution in [2.24, 2.45) is 0 Å². The van der Waals surface area contributed by atoms with Crippen molar-refractivity contribution in [2.45, 2.75) is 0 Å². The van der Waals surface area contributed by atoms with Crippen LogP contribution in [0.3, 0.4) is 0 Å². The molecule has 1 aromatic carbocycles. The summed E-state index contributed by atoms with van der Waals surface area (Å²) in [6, 6.07) is 15.5. The minimum Gasteiger partial charge on any atom is -0.325 e. The number of benzene rings is 1. The Morgan fingerprint density at radius 1 is 0.944 bits per heavy atom. The van der Waals surface area contributed by atoms with E-state index in [-0.39, 0.29) is 0 Å². The highest BCUT2D eigenvalue weighted by atomic mass is 31.1. The van der Waals surface area contributed by atoms with E-state index in [1.807, 2.05) is 48.5 Å². The van der Waals surface area contributed by atoms with Crippen LogP contribution in [-0.4, -0.2) is 9.97 Å². The summed E-state index contributed by atoms with van der Waals surface area (Å²) in [5, 5.41) is 1.90. The van der Waals surface area contributed by atoms with Gasteiger partial charge in [-0.05, 0) is 24.3 Å². The lowest BCUT2D eigenvalue weighted by Gasteiger charge is -2.02. The van der Waals surface area contributed by atoms with Gasteiger partial charge in [0.25, 0.3) is 0 Å². The summed E-state index contributed by atoms with van der Waals surface area (Å²) >= 11 is 0. The molecule has 4 heteroatoms. The van der Waals surface area contributed by atoms with Crippen LogP contribution in [0.1, 0.15) is 0 Å². The van der Waals surface area contributed by atoms with Gasteiger partial charge in [0.15, 0.2) is 5.65 Å². The Hall–Kier alpha value is -1.99. The molecular weight excluding hydrogens is 243 g/mol. The van der Waals surface area contributed by atoms with Crippen molar-refractivity contribution < 1.29 is 4.57 Å². The summed E-state index contributed by atoms with van der Waals surface area (Å²) in [5.41, 5.74) is 2.64. The van der Waals surface area contributed by atoms with Crippen LogP contribution < -0.4 is 5.30 Å². The topological polar surface area (TPSA) is 42.9 Å². The maximum absolute atomic E-state index is 10.8. The number of pyridine rings is 2. The number of fused-ring (bicyclic) bond motifs is 1. The number of aromatic nitrogens is 2. The fourth-order valence-electron chi connectivity index (χ4n) is 1.85. The second kappa shape index (κ2) is 4.71. The molecule has 0 amide bonds. The Labute approximate surface area is 106 Å². The highest BCUT2D eigenvalue weighted by molar-refractivity contribution is 7.34. The Bertz CT molecular complexity index is 710. The van der Waals surface area contributed by atoms with E-state index in [2.05, 4.69) is 9.97 Å². The molecule has 0 aliphatic heterocycles. The average Bonchev–Trinajstić information content (AvgIpc) is 2.47. The first kappa shape index (κ1) is 11.1. The SMILES string of the molecule is O=[PH2]c1ccc(-c2ccc3cccnc3n2)cc1. The third kappa shape index (κ3) is 2.05. The largest absolute Gasteiger partial charge is 0.325 e. The summed E-state index contributed by atoms with van der Waals surface area (Å²) in [6.07, 6.45) is 1.74. The number of hydrogen-bond donors (Lipinski definition) is 0. The van der Waals surface area contributed by atoms with Crippen molar-refractivity contribution in [1.82, 2.24) is 9.97 Å². The molecule has 0 aliphatic rings. The highest BCUT2D eigenvalue weighted by Gasteiger charge is 2.01. The first-order chi connectivity index (χ1) is 8.86. The molecule has 0 N–H and O–H groups in total. The quantitative estimate of drug-likeness (QED) is 0.660. The van der Waals surface area contributed by atoms with Crippen LogP contribution in [0.5, 0.6) is 0 Å². The van der Waals surface area contributed by atoms with Gasteiger partial charge >= 0.3 is 0 Å². The number of rotatable bonds is 2. The van der Waals surface area contributed by atoms with Gasteiger partial charge in [0.05, 0.1) is 14.2 Å². The molecule has 0 spiro atoms. The zero-order valence-electron chi connectivity index (χ0n) is 9.58. The van der Waals surface area contributed by atoms with E-state index < -0.39 is 8.46 Å². The van der Waals surface area contributed by atoms with Gasteiger partial charge in [-0.25, -0.2) is 9.97 Å². The molecule has 1 atom stereocenters. The van der Waals surface area contributed by atoms with Gasteiger partial charge in [0.1, 0.15) is 0 Å². The molecule has 1 unspecified atom stereocenters. The smallest absolute Gasteiger partial charge is 0.159 e. The lowest BCUT2D eigenvalue weighted by Crippen LogP contribution is -1.91. The monoisotopic (exact) mass is 254 g/mol. The van der Waals surface area contributed by atoms with Crippen LogP contribution in [0.2, 0.25) is 0 Å². The molecule has 0 saturated carbocycles. The van der Waals surface area contributed by atoms with Crippen LogP contribution in [0.25, 0.3) is 22.3 Å². The van der Waals surface area contributed by atoms with Gasteiger partial charge in [0, 0.05) is 22.5 Å². The molecule has 88 valence electrons. The molecule has 2 heterocycles. The van der Waals surface area contributed by atoms with Crippen molar-refractivity contribution in [3.8, 4) is 11.3 Å². The highest BCUT2D eigenvalue weighted by Crippen LogP contribution is 2.19. The summed E-state index contributed by atoms with van der Waals surface area (Å²) < 4.78 is 10.8. The van der Waals surface area contributed by atoms with Gasteiger partial charge < -0.3 is 4.57 Å². The van der Waals surface area contributed by atoms with Gasteiger partial charge in [-0.2, -0.15) is 0 Å².